The number of rotatable bonds is 7. The van der Waals surface area contributed by atoms with Crippen molar-refractivity contribution in [3.63, 3.8) is 0 Å². The van der Waals surface area contributed by atoms with Gasteiger partial charge in [0.25, 0.3) is 0 Å². The summed E-state index contributed by atoms with van der Waals surface area (Å²) in [4.78, 5) is 0. The van der Waals surface area contributed by atoms with Gasteiger partial charge in [0.1, 0.15) is 5.01 Å². The Balaban J connectivity index is 4.07. The summed E-state index contributed by atoms with van der Waals surface area (Å²) in [5.41, 5.74) is 0. The summed E-state index contributed by atoms with van der Waals surface area (Å²) in [6.45, 7) is 9.01. The van der Waals surface area contributed by atoms with Crippen LogP contribution in [0.4, 0.5) is 0 Å². The van der Waals surface area contributed by atoms with Gasteiger partial charge in [0.05, 0.1) is 0 Å². The van der Waals surface area contributed by atoms with E-state index in [9.17, 15) is 0 Å². The maximum atomic E-state index is 6.18. The van der Waals surface area contributed by atoms with Crippen molar-refractivity contribution in [3.8, 4) is 0 Å². The van der Waals surface area contributed by atoms with Gasteiger partial charge in [-0.15, -0.1) is 0 Å². The van der Waals surface area contributed by atoms with Crippen molar-refractivity contribution >= 4 is 24.2 Å². The summed E-state index contributed by atoms with van der Waals surface area (Å²) in [5.74, 6) is 0. The third-order valence-electron chi connectivity index (χ3n) is 2.83. The normalized spacial score (nSPS) is 14.5. The summed E-state index contributed by atoms with van der Waals surface area (Å²) < 4.78 is 6.18. The van der Waals surface area contributed by atoms with E-state index >= 15 is 0 Å². The molecule has 1 nitrogen and oxygen atoms in total. The number of hydrogen-bond donors (Lipinski definition) is 0. The molecule has 13 heavy (non-hydrogen) atoms. The highest BCUT2D eigenvalue weighted by Crippen LogP contribution is 2.26. The minimum absolute atomic E-state index is 0.295. The van der Waals surface area contributed by atoms with Crippen molar-refractivity contribution in [1.82, 2.24) is 0 Å². The largest absolute Gasteiger partial charge is 0.405 e. The Labute approximate surface area is 92.5 Å². The molecule has 0 aliphatic carbocycles. The Kier molecular flexibility index (Phi) is 7.37. The van der Waals surface area contributed by atoms with Crippen LogP contribution in [-0.2, 0) is 4.43 Å². The third kappa shape index (κ3) is 4.61. The molecule has 0 spiro atoms. The fourth-order valence-corrected chi connectivity index (χ4v) is 5.86. The Morgan fingerprint density at radius 2 is 1.54 bits per heavy atom. The quantitative estimate of drug-likeness (QED) is 0.486. The molecule has 0 radical (unpaired) electrons. The van der Waals surface area contributed by atoms with Gasteiger partial charge in [0.2, 0.25) is 0 Å². The molecule has 0 aromatic heterocycles. The molecule has 0 aliphatic rings. The summed E-state index contributed by atoms with van der Waals surface area (Å²) in [6.07, 6.45) is 2.33. The molecule has 0 amide bonds. The van der Waals surface area contributed by atoms with Gasteiger partial charge in [-0.3, -0.25) is 0 Å². The van der Waals surface area contributed by atoms with Gasteiger partial charge in [-0.05, 0) is 24.6 Å². The molecule has 1 unspecified atom stereocenters. The second kappa shape index (κ2) is 7.02. The topological polar surface area (TPSA) is 9.23 Å². The Morgan fingerprint density at radius 1 is 1.08 bits per heavy atom. The Bertz CT molecular complexity index is 118. The van der Waals surface area contributed by atoms with Crippen LogP contribution in [0.1, 0.15) is 40.5 Å². The maximum Gasteiger partial charge on any atom is 0.193 e. The van der Waals surface area contributed by atoms with Crippen LogP contribution >= 0.6 is 15.9 Å². The first-order valence-corrected chi connectivity index (χ1v) is 8.90. The van der Waals surface area contributed by atoms with Gasteiger partial charge in [0, 0.05) is 0 Å². The molecule has 0 rings (SSSR count). The van der Waals surface area contributed by atoms with Crippen LogP contribution in [0.3, 0.4) is 0 Å². The van der Waals surface area contributed by atoms with E-state index in [0.29, 0.717) is 5.01 Å². The average Bonchev–Trinajstić information content (AvgIpc) is 2.15. The number of hydrogen-bond acceptors (Lipinski definition) is 1. The van der Waals surface area contributed by atoms with E-state index in [0.717, 1.165) is 6.42 Å². The molecule has 0 bridgehead atoms. The first-order chi connectivity index (χ1) is 6.14. The van der Waals surface area contributed by atoms with E-state index in [1.54, 1.807) is 0 Å². The molecule has 3 heteroatoms. The smallest absolute Gasteiger partial charge is 0.193 e. The van der Waals surface area contributed by atoms with Crippen LogP contribution in [0.5, 0.6) is 0 Å². The lowest BCUT2D eigenvalue weighted by atomic mass is 10.4. The van der Waals surface area contributed by atoms with Crippen molar-refractivity contribution in [2.45, 2.75) is 63.7 Å². The van der Waals surface area contributed by atoms with Crippen LogP contribution in [0, 0.1) is 0 Å². The fourth-order valence-electron chi connectivity index (χ4n) is 1.56. The van der Waals surface area contributed by atoms with Crippen molar-refractivity contribution < 1.29 is 4.43 Å². The molecule has 0 aromatic rings. The highest BCUT2D eigenvalue weighted by atomic mass is 79.9. The number of halogens is 1. The predicted molar refractivity (Wildman–Crippen MR) is 65.9 cm³/mol. The molecule has 0 saturated carbocycles. The van der Waals surface area contributed by atoms with Gasteiger partial charge >= 0.3 is 0 Å². The van der Waals surface area contributed by atoms with E-state index in [4.69, 9.17) is 4.43 Å². The third-order valence-corrected chi connectivity index (χ3v) is 8.47. The van der Waals surface area contributed by atoms with E-state index in [-0.39, 0.29) is 0 Å². The highest BCUT2D eigenvalue weighted by Gasteiger charge is 2.30. The lowest BCUT2D eigenvalue weighted by molar-refractivity contribution is 0.265. The lowest BCUT2D eigenvalue weighted by Crippen LogP contribution is -2.38. The van der Waals surface area contributed by atoms with Crippen LogP contribution in [0.25, 0.3) is 0 Å². The minimum Gasteiger partial charge on any atom is -0.405 e. The van der Waals surface area contributed by atoms with E-state index in [1.165, 1.54) is 24.6 Å². The molecule has 0 heterocycles. The summed E-state index contributed by atoms with van der Waals surface area (Å²) >= 11 is 3.61. The van der Waals surface area contributed by atoms with Gasteiger partial charge in [0.15, 0.2) is 8.32 Å². The van der Waals surface area contributed by atoms with Crippen molar-refractivity contribution in [2.24, 2.45) is 0 Å². The lowest BCUT2D eigenvalue weighted by Gasteiger charge is -2.30. The van der Waals surface area contributed by atoms with E-state index < -0.39 is 8.32 Å². The second-order valence-electron chi connectivity index (χ2n) is 3.56. The van der Waals surface area contributed by atoms with E-state index in [1.807, 2.05) is 0 Å². The average molecular weight is 267 g/mol. The number of alkyl halides is 1. The first kappa shape index (κ1) is 13.7. The summed E-state index contributed by atoms with van der Waals surface area (Å²) in [7, 11) is -1.36. The molecule has 1 atom stereocenters. The zero-order valence-corrected chi connectivity index (χ0v) is 12.0. The molecular weight excluding hydrogens is 244 g/mol. The standard InChI is InChI=1S/C10H23BrOSi/c1-5-9-10(11)12-13(6-2,7-3)8-4/h10H,5-9H2,1-4H3. The fraction of sp³-hybridized carbons (Fsp3) is 1.00. The Morgan fingerprint density at radius 3 is 1.85 bits per heavy atom. The van der Waals surface area contributed by atoms with Crippen LogP contribution in [-0.4, -0.2) is 13.3 Å². The molecular formula is C10H23BrOSi. The van der Waals surface area contributed by atoms with Crippen molar-refractivity contribution in [3.05, 3.63) is 0 Å². The minimum atomic E-state index is -1.36. The van der Waals surface area contributed by atoms with Crippen LogP contribution in [0.2, 0.25) is 18.1 Å². The van der Waals surface area contributed by atoms with Gasteiger partial charge in [-0.2, -0.15) is 0 Å². The summed E-state index contributed by atoms with van der Waals surface area (Å²) in [5, 5.41) is 0.295. The van der Waals surface area contributed by atoms with Crippen molar-refractivity contribution in [2.75, 3.05) is 0 Å². The van der Waals surface area contributed by atoms with Crippen LogP contribution < -0.4 is 0 Å². The van der Waals surface area contributed by atoms with E-state index in [2.05, 4.69) is 43.6 Å². The molecule has 0 N–H and O–H groups in total. The summed E-state index contributed by atoms with van der Waals surface area (Å²) in [6, 6.07) is 3.73. The van der Waals surface area contributed by atoms with Gasteiger partial charge in [-0.1, -0.05) is 50.0 Å². The zero-order chi connectivity index (χ0) is 10.3. The maximum absolute atomic E-state index is 6.18. The monoisotopic (exact) mass is 266 g/mol. The first-order valence-electron chi connectivity index (χ1n) is 5.46. The molecule has 0 aliphatic heterocycles. The second-order valence-corrected chi connectivity index (χ2v) is 9.30. The molecule has 0 aromatic carbocycles. The molecule has 0 fully saturated rings. The molecule has 0 saturated heterocycles. The highest BCUT2D eigenvalue weighted by molar-refractivity contribution is 9.09. The van der Waals surface area contributed by atoms with Crippen LogP contribution in [0.15, 0.2) is 0 Å². The van der Waals surface area contributed by atoms with Crippen molar-refractivity contribution in [1.29, 1.82) is 0 Å². The Hall–Kier alpha value is 0.657. The molecule has 80 valence electrons. The van der Waals surface area contributed by atoms with Gasteiger partial charge in [-0.25, -0.2) is 0 Å². The zero-order valence-electron chi connectivity index (χ0n) is 9.40. The SMILES string of the molecule is CCCC(Br)O[Si](CC)(CC)CC. The predicted octanol–water partition coefficient (Wildman–Crippen LogP) is 4.53. The van der Waals surface area contributed by atoms with Gasteiger partial charge < -0.3 is 4.43 Å².